The predicted octanol–water partition coefficient (Wildman–Crippen LogP) is 0.626. The number of nitrogens with one attached hydrogen (secondary N) is 1. The molecule has 4 rings (SSSR count). The summed E-state index contributed by atoms with van der Waals surface area (Å²) in [5, 5.41) is 7.80. The van der Waals surface area contributed by atoms with E-state index in [1.807, 2.05) is 24.1 Å². The van der Waals surface area contributed by atoms with E-state index in [0.29, 0.717) is 30.0 Å². The van der Waals surface area contributed by atoms with Crippen molar-refractivity contribution in [3.63, 3.8) is 0 Å². The number of methoxy groups -OCH3 is 1. The first-order valence-electron chi connectivity index (χ1n) is 11.6. The topological polar surface area (TPSA) is 129 Å². The summed E-state index contributed by atoms with van der Waals surface area (Å²) >= 11 is 0. The summed E-state index contributed by atoms with van der Waals surface area (Å²) in [4.78, 5) is 20.1. The molecule has 0 spiro atoms. The highest BCUT2D eigenvalue weighted by molar-refractivity contribution is 7.89. The highest BCUT2D eigenvalue weighted by Crippen LogP contribution is 2.28. The number of aromatic nitrogens is 4. The van der Waals surface area contributed by atoms with Gasteiger partial charge in [0.1, 0.15) is 11.9 Å². The number of aryl methyl sites for hydroxylation is 3. The molecule has 0 unspecified atom stereocenters. The van der Waals surface area contributed by atoms with Crippen LogP contribution in [0.25, 0.3) is 0 Å². The second kappa shape index (κ2) is 10.4. The number of rotatable bonds is 8. The highest BCUT2D eigenvalue weighted by atomic mass is 32.2. The molecule has 0 bridgehead atoms. The largest absolute Gasteiger partial charge is 0.497 e. The van der Waals surface area contributed by atoms with Gasteiger partial charge < -0.3 is 14.1 Å². The summed E-state index contributed by atoms with van der Waals surface area (Å²) in [5.41, 5.74) is 2.31. The van der Waals surface area contributed by atoms with Gasteiger partial charge in [0.25, 0.3) is 0 Å². The van der Waals surface area contributed by atoms with E-state index in [1.54, 1.807) is 30.9 Å². The van der Waals surface area contributed by atoms with Crippen molar-refractivity contribution in [1.82, 2.24) is 29.3 Å². The van der Waals surface area contributed by atoms with Crippen molar-refractivity contribution in [2.45, 2.75) is 31.8 Å². The quantitative estimate of drug-likeness (QED) is 0.430. The van der Waals surface area contributed by atoms with Gasteiger partial charge in [-0.1, -0.05) is 0 Å². The van der Waals surface area contributed by atoms with E-state index in [2.05, 4.69) is 20.1 Å². The molecule has 1 aliphatic rings. The number of nitrogens with zero attached hydrogens (tertiary/aromatic N) is 6. The molecule has 13 heteroatoms. The van der Waals surface area contributed by atoms with Gasteiger partial charge in [0, 0.05) is 33.2 Å². The molecule has 1 saturated heterocycles. The summed E-state index contributed by atoms with van der Waals surface area (Å²) in [5.74, 6) is 0.142. The molecule has 1 fully saturated rings. The summed E-state index contributed by atoms with van der Waals surface area (Å²) in [7, 11) is 1.12. The number of amides is 1. The summed E-state index contributed by atoms with van der Waals surface area (Å²) in [6, 6.07) is 3.35. The van der Waals surface area contributed by atoms with Crippen molar-refractivity contribution in [2.75, 3.05) is 40.3 Å². The van der Waals surface area contributed by atoms with E-state index in [4.69, 9.17) is 9.15 Å². The van der Waals surface area contributed by atoms with Crippen molar-refractivity contribution in [3.05, 3.63) is 53.3 Å². The number of imidazole rings is 1. The third-order valence-electron chi connectivity index (χ3n) is 6.36. The molecule has 3 aromatic rings. The molecule has 0 radical (unpaired) electrons. The van der Waals surface area contributed by atoms with E-state index < -0.39 is 10.0 Å². The van der Waals surface area contributed by atoms with Gasteiger partial charge in [-0.05, 0) is 37.1 Å². The summed E-state index contributed by atoms with van der Waals surface area (Å²) in [6.45, 7) is 6.59. The lowest BCUT2D eigenvalue weighted by Crippen LogP contribution is -2.49. The zero-order chi connectivity index (χ0) is 26.0. The average Bonchev–Trinajstić information content (AvgIpc) is 3.47. The molecule has 1 amide bonds. The number of H-pyrrole nitrogens is 1. The van der Waals surface area contributed by atoms with Crippen LogP contribution >= 0.6 is 0 Å². The van der Waals surface area contributed by atoms with Crippen LogP contribution < -0.4 is 9.30 Å². The van der Waals surface area contributed by atoms with Gasteiger partial charge in [0.15, 0.2) is 5.69 Å². The Hall–Kier alpha value is -3.29. The van der Waals surface area contributed by atoms with E-state index >= 15 is 0 Å². The second-order valence-corrected chi connectivity index (χ2v) is 10.9. The number of sulfonamides is 1. The van der Waals surface area contributed by atoms with Crippen molar-refractivity contribution in [2.24, 2.45) is 7.05 Å². The number of aromatic amines is 1. The van der Waals surface area contributed by atoms with Gasteiger partial charge in [0.05, 0.1) is 32.1 Å². The van der Waals surface area contributed by atoms with Crippen molar-refractivity contribution in [1.29, 1.82) is 0 Å². The predicted molar refractivity (Wildman–Crippen MR) is 129 cm³/mol. The molecule has 0 atom stereocenters. The van der Waals surface area contributed by atoms with Crippen LogP contribution in [0.15, 0.2) is 34.0 Å². The number of carbonyl (C=O) groups is 1. The molecule has 2 aromatic heterocycles. The van der Waals surface area contributed by atoms with Gasteiger partial charge in [-0.15, -0.1) is 10.2 Å². The fourth-order valence-electron chi connectivity index (χ4n) is 4.33. The van der Waals surface area contributed by atoms with Crippen molar-refractivity contribution in [3.8, 4) is 5.75 Å². The molecule has 194 valence electrons. The minimum absolute atomic E-state index is 0.0480. The van der Waals surface area contributed by atoms with Crippen LogP contribution in [0.1, 0.15) is 33.4 Å². The van der Waals surface area contributed by atoms with Crippen LogP contribution in [0.2, 0.25) is 0 Å². The lowest BCUT2D eigenvalue weighted by Gasteiger charge is -2.33. The fourth-order valence-corrected chi connectivity index (χ4v) is 5.85. The lowest BCUT2D eigenvalue weighted by molar-refractivity contribution is -0.678. The Balaban J connectivity index is 1.38. The maximum Gasteiger partial charge on any atom is 0.311 e. The summed E-state index contributed by atoms with van der Waals surface area (Å²) in [6.07, 6.45) is 3.86. The second-order valence-electron chi connectivity index (χ2n) is 8.96. The van der Waals surface area contributed by atoms with Gasteiger partial charge in [-0.25, -0.2) is 18.0 Å². The SMILES string of the molecule is COc1cc(C)c(S(=O)(=O)N(C)Cc2nnc(C(=O)N3CCN(Cc4c[nH]c[n+]4C)CC3)o2)c(C)c1. The average molecular weight is 519 g/mol. The Morgan fingerprint density at radius 3 is 2.44 bits per heavy atom. The molecule has 1 N–H and O–H groups in total. The van der Waals surface area contributed by atoms with Crippen LogP contribution in [0.4, 0.5) is 0 Å². The van der Waals surface area contributed by atoms with Crippen molar-refractivity contribution < 1.29 is 26.9 Å². The Labute approximate surface area is 210 Å². The van der Waals surface area contributed by atoms with E-state index in [-0.39, 0.29) is 29.1 Å². The van der Waals surface area contributed by atoms with Gasteiger partial charge in [-0.3, -0.25) is 9.69 Å². The Bertz CT molecular complexity index is 1320. The number of piperazine rings is 1. The van der Waals surface area contributed by atoms with E-state index in [9.17, 15) is 13.2 Å². The van der Waals surface area contributed by atoms with Gasteiger partial charge in [-0.2, -0.15) is 4.31 Å². The summed E-state index contributed by atoms with van der Waals surface area (Å²) < 4.78 is 40.4. The zero-order valence-corrected chi connectivity index (χ0v) is 22.0. The first kappa shape index (κ1) is 25.8. The first-order valence-corrected chi connectivity index (χ1v) is 13.0. The van der Waals surface area contributed by atoms with Crippen LogP contribution in [0.5, 0.6) is 5.75 Å². The molecular weight excluding hydrogens is 486 g/mol. The molecule has 1 aliphatic heterocycles. The lowest BCUT2D eigenvalue weighted by atomic mass is 10.1. The number of benzene rings is 1. The molecule has 1 aromatic carbocycles. The van der Waals surface area contributed by atoms with Crippen LogP contribution in [0.3, 0.4) is 0 Å². The molecule has 12 nitrogen and oxygen atoms in total. The molecule has 0 aliphatic carbocycles. The maximum absolute atomic E-state index is 13.2. The Morgan fingerprint density at radius 1 is 1.19 bits per heavy atom. The van der Waals surface area contributed by atoms with Gasteiger partial charge in [0.2, 0.25) is 22.2 Å². The smallest absolute Gasteiger partial charge is 0.311 e. The van der Waals surface area contributed by atoms with Crippen molar-refractivity contribution >= 4 is 15.9 Å². The molecular formula is C23H32N7O5S+. The van der Waals surface area contributed by atoms with E-state index in [0.717, 1.165) is 29.6 Å². The Kier molecular flexibility index (Phi) is 7.43. The fraction of sp³-hybridized carbons (Fsp3) is 0.478. The highest BCUT2D eigenvalue weighted by Gasteiger charge is 2.30. The van der Waals surface area contributed by atoms with Gasteiger partial charge >= 0.3 is 11.8 Å². The Morgan fingerprint density at radius 2 is 1.86 bits per heavy atom. The maximum atomic E-state index is 13.2. The first-order chi connectivity index (χ1) is 17.1. The molecule has 36 heavy (non-hydrogen) atoms. The standard InChI is InChI=1S/C23H31N7O5S/c1-16-10-19(34-5)11-17(2)21(16)36(32,33)28(4)14-20-25-26-22(35-20)23(31)30-8-6-29(7-9-30)13-18-12-24-15-27(18)3/h10-12,15H,6-9,13-14H2,1-5H3/p+1. The van der Waals surface area contributed by atoms with Crippen LogP contribution in [-0.2, 0) is 30.2 Å². The minimum atomic E-state index is -3.84. The monoisotopic (exact) mass is 518 g/mol. The van der Waals surface area contributed by atoms with Crippen LogP contribution in [-0.4, -0.2) is 83.9 Å². The normalized spacial score (nSPS) is 15.0. The minimum Gasteiger partial charge on any atom is -0.497 e. The number of ether oxygens (including phenoxy) is 1. The number of hydrogen-bond acceptors (Lipinski definition) is 8. The van der Waals surface area contributed by atoms with E-state index in [1.165, 1.54) is 14.2 Å². The third-order valence-corrected chi connectivity index (χ3v) is 8.47. The van der Waals surface area contributed by atoms with Crippen LogP contribution in [0, 0.1) is 13.8 Å². The number of hydrogen-bond donors (Lipinski definition) is 1. The third kappa shape index (κ3) is 5.27. The molecule has 0 saturated carbocycles. The zero-order valence-electron chi connectivity index (χ0n) is 21.2. The number of carbonyl (C=O) groups excluding carboxylic acids is 1. The molecule has 3 heterocycles.